The van der Waals surface area contributed by atoms with Crippen LogP contribution in [0.4, 0.5) is 0 Å². The van der Waals surface area contributed by atoms with Gasteiger partial charge in [0, 0.05) is 32.3 Å². The van der Waals surface area contributed by atoms with Gasteiger partial charge < -0.3 is 14.6 Å². The second-order valence-electron chi connectivity index (χ2n) is 4.95. The third-order valence-electron chi connectivity index (χ3n) is 3.56. The maximum Gasteiger partial charge on any atom is 0.115 e. The number of hydrogen-bond donors (Lipinski definition) is 1. The Balaban J connectivity index is 2.72. The summed E-state index contributed by atoms with van der Waals surface area (Å²) in [5, 5.41) is 9.44. The van der Waals surface area contributed by atoms with E-state index >= 15 is 0 Å². The molecule has 0 saturated carbocycles. The molecule has 120 valence electrons. The van der Waals surface area contributed by atoms with Crippen LogP contribution in [-0.2, 0) is 9.47 Å². The van der Waals surface area contributed by atoms with Gasteiger partial charge in [-0.2, -0.15) is 0 Å². The highest BCUT2D eigenvalue weighted by molar-refractivity contribution is 5.28. The van der Waals surface area contributed by atoms with Gasteiger partial charge in [-0.15, -0.1) is 0 Å². The number of phenolic OH excluding ortho intramolecular Hbond substituents is 1. The van der Waals surface area contributed by atoms with Crippen LogP contribution in [0.2, 0.25) is 0 Å². The molecule has 0 aliphatic heterocycles. The quantitative estimate of drug-likeness (QED) is 0.637. The van der Waals surface area contributed by atoms with E-state index in [9.17, 15) is 5.11 Å². The zero-order chi connectivity index (χ0) is 15.5. The lowest BCUT2D eigenvalue weighted by molar-refractivity contribution is 0.0613. The van der Waals surface area contributed by atoms with E-state index in [1.54, 1.807) is 12.1 Å². The smallest absolute Gasteiger partial charge is 0.115 e. The summed E-state index contributed by atoms with van der Waals surface area (Å²) in [7, 11) is 0. The topological polar surface area (TPSA) is 41.9 Å². The molecule has 1 aromatic rings. The van der Waals surface area contributed by atoms with E-state index in [1.807, 2.05) is 26.0 Å². The molecule has 0 radical (unpaired) electrons. The van der Waals surface area contributed by atoms with Crippen LogP contribution in [0.15, 0.2) is 24.3 Å². The molecule has 4 heteroatoms. The first-order valence-corrected chi connectivity index (χ1v) is 7.91. The van der Waals surface area contributed by atoms with Crippen LogP contribution in [0, 0.1) is 0 Å². The molecular formula is C17H29NO3. The first-order chi connectivity index (χ1) is 10.2. The fraction of sp³-hybridized carbons (Fsp3) is 0.647. The molecule has 0 fully saturated rings. The molecule has 0 aliphatic rings. The van der Waals surface area contributed by atoms with Crippen molar-refractivity contribution in [3.8, 4) is 5.75 Å². The zero-order valence-electron chi connectivity index (χ0n) is 13.5. The molecule has 4 nitrogen and oxygen atoms in total. The molecule has 21 heavy (non-hydrogen) atoms. The molecule has 0 saturated heterocycles. The number of hydrogen-bond acceptors (Lipinski definition) is 4. The van der Waals surface area contributed by atoms with Gasteiger partial charge in [-0.25, -0.2) is 0 Å². The lowest BCUT2D eigenvalue weighted by atomic mass is 10.0. The zero-order valence-corrected chi connectivity index (χ0v) is 13.5. The van der Waals surface area contributed by atoms with Gasteiger partial charge in [0.15, 0.2) is 0 Å². The fourth-order valence-corrected chi connectivity index (χ4v) is 2.48. The summed E-state index contributed by atoms with van der Waals surface area (Å²) < 4.78 is 11.0. The molecule has 1 rings (SSSR count). The maximum absolute atomic E-state index is 9.44. The van der Waals surface area contributed by atoms with Crippen molar-refractivity contribution in [2.45, 2.75) is 33.2 Å². The summed E-state index contributed by atoms with van der Waals surface area (Å²) in [6.45, 7) is 11.0. The standard InChI is InChI=1S/C17H29NO3/c1-4-17(15-7-9-16(19)10-8-15)18(11-13-20-5-2)12-14-21-6-3/h7-10,17,19H,4-6,11-14H2,1-3H3. The summed E-state index contributed by atoms with van der Waals surface area (Å²) in [6.07, 6.45) is 1.02. The first-order valence-electron chi connectivity index (χ1n) is 7.91. The Kier molecular flexibility index (Phi) is 9.06. The average molecular weight is 295 g/mol. The third-order valence-corrected chi connectivity index (χ3v) is 3.56. The van der Waals surface area contributed by atoms with E-state index in [1.165, 1.54) is 5.56 Å². The number of nitrogens with zero attached hydrogens (tertiary/aromatic N) is 1. The molecule has 0 heterocycles. The van der Waals surface area contributed by atoms with Crippen molar-refractivity contribution in [3.05, 3.63) is 29.8 Å². The first kappa shape index (κ1) is 18.0. The third kappa shape index (κ3) is 6.46. The second kappa shape index (κ2) is 10.6. The Labute approximate surface area is 128 Å². The van der Waals surface area contributed by atoms with Crippen LogP contribution in [-0.4, -0.2) is 49.5 Å². The Morgan fingerprint density at radius 1 is 0.952 bits per heavy atom. The lowest BCUT2D eigenvalue weighted by Gasteiger charge is -2.31. The highest BCUT2D eigenvalue weighted by Gasteiger charge is 2.18. The number of benzene rings is 1. The summed E-state index contributed by atoms with van der Waals surface area (Å²) in [5.74, 6) is 0.309. The van der Waals surface area contributed by atoms with Gasteiger partial charge in [0.1, 0.15) is 5.75 Å². The molecule has 0 aromatic heterocycles. The summed E-state index contributed by atoms with van der Waals surface area (Å²) >= 11 is 0. The molecule has 0 amide bonds. The van der Waals surface area contributed by atoms with Gasteiger partial charge in [0.05, 0.1) is 13.2 Å². The predicted octanol–water partition coefficient (Wildman–Crippen LogP) is 3.22. The van der Waals surface area contributed by atoms with Crippen LogP contribution in [0.1, 0.15) is 38.8 Å². The molecular weight excluding hydrogens is 266 g/mol. The number of ether oxygens (including phenoxy) is 2. The van der Waals surface area contributed by atoms with Gasteiger partial charge in [0.25, 0.3) is 0 Å². The van der Waals surface area contributed by atoms with Gasteiger partial charge >= 0.3 is 0 Å². The Hall–Kier alpha value is -1.10. The largest absolute Gasteiger partial charge is 0.508 e. The van der Waals surface area contributed by atoms with E-state index in [0.29, 0.717) is 11.8 Å². The van der Waals surface area contributed by atoms with E-state index < -0.39 is 0 Å². The molecule has 0 bridgehead atoms. The summed E-state index contributed by atoms with van der Waals surface area (Å²) in [6, 6.07) is 7.82. The van der Waals surface area contributed by atoms with Crippen LogP contribution in [0.3, 0.4) is 0 Å². The molecule has 0 spiro atoms. The van der Waals surface area contributed by atoms with E-state index in [4.69, 9.17) is 9.47 Å². The van der Waals surface area contributed by atoms with E-state index in [-0.39, 0.29) is 0 Å². The van der Waals surface area contributed by atoms with Crippen molar-refractivity contribution >= 4 is 0 Å². The van der Waals surface area contributed by atoms with Gasteiger partial charge in [-0.3, -0.25) is 4.90 Å². The van der Waals surface area contributed by atoms with Gasteiger partial charge in [0.2, 0.25) is 0 Å². The minimum absolute atomic E-state index is 0.309. The van der Waals surface area contributed by atoms with Gasteiger partial charge in [-0.1, -0.05) is 19.1 Å². The van der Waals surface area contributed by atoms with Crippen LogP contribution < -0.4 is 0 Å². The van der Waals surface area contributed by atoms with Crippen LogP contribution >= 0.6 is 0 Å². The molecule has 0 aliphatic carbocycles. The highest BCUT2D eigenvalue weighted by Crippen LogP contribution is 2.25. The summed E-state index contributed by atoms with van der Waals surface area (Å²) in [4.78, 5) is 2.40. The normalized spacial score (nSPS) is 12.8. The summed E-state index contributed by atoms with van der Waals surface area (Å²) in [5.41, 5.74) is 1.23. The fourth-order valence-electron chi connectivity index (χ4n) is 2.48. The second-order valence-corrected chi connectivity index (χ2v) is 4.95. The molecule has 1 N–H and O–H groups in total. The maximum atomic E-state index is 9.44. The minimum atomic E-state index is 0.309. The van der Waals surface area contributed by atoms with Crippen molar-refractivity contribution in [1.82, 2.24) is 4.90 Å². The Morgan fingerprint density at radius 3 is 1.90 bits per heavy atom. The van der Waals surface area contributed by atoms with E-state index in [2.05, 4.69) is 11.8 Å². The monoisotopic (exact) mass is 295 g/mol. The van der Waals surface area contributed by atoms with Crippen molar-refractivity contribution < 1.29 is 14.6 Å². The Bertz CT molecular complexity index is 357. The number of aromatic hydroxyl groups is 1. The van der Waals surface area contributed by atoms with Crippen molar-refractivity contribution in [2.75, 3.05) is 39.5 Å². The lowest BCUT2D eigenvalue weighted by Crippen LogP contribution is -2.34. The van der Waals surface area contributed by atoms with Crippen molar-refractivity contribution in [3.63, 3.8) is 0 Å². The molecule has 1 aromatic carbocycles. The number of phenols is 1. The minimum Gasteiger partial charge on any atom is -0.508 e. The predicted molar refractivity (Wildman–Crippen MR) is 85.7 cm³/mol. The SMILES string of the molecule is CCOCCN(CCOCC)C(CC)c1ccc(O)cc1. The van der Waals surface area contributed by atoms with Gasteiger partial charge in [-0.05, 0) is 38.0 Å². The van der Waals surface area contributed by atoms with Crippen molar-refractivity contribution in [1.29, 1.82) is 0 Å². The van der Waals surface area contributed by atoms with Crippen LogP contribution in [0.25, 0.3) is 0 Å². The molecule has 1 unspecified atom stereocenters. The van der Waals surface area contributed by atoms with Crippen molar-refractivity contribution in [2.24, 2.45) is 0 Å². The van der Waals surface area contributed by atoms with Crippen LogP contribution in [0.5, 0.6) is 5.75 Å². The van der Waals surface area contributed by atoms with E-state index in [0.717, 1.165) is 45.9 Å². The molecule has 1 atom stereocenters. The Morgan fingerprint density at radius 2 is 1.48 bits per heavy atom. The average Bonchev–Trinajstić information content (AvgIpc) is 2.50. The highest BCUT2D eigenvalue weighted by atomic mass is 16.5. The number of rotatable bonds is 11.